The quantitative estimate of drug-likeness (QED) is 0.0161. The van der Waals surface area contributed by atoms with Crippen LogP contribution in [0.4, 0.5) is 20.0 Å². The molecule has 0 amide bonds. The van der Waals surface area contributed by atoms with Gasteiger partial charge in [-0.05, 0) is 197 Å². The number of rotatable bonds is 27. The number of thiophene rings is 4. The number of nitrogens with zero attached hydrogens (tertiary/aromatic N) is 8. The minimum Gasteiger partial charge on any atom is -0.409 e. The lowest BCUT2D eigenvalue weighted by Crippen LogP contribution is -2.31. The molecule has 0 aliphatic carbocycles. The number of nitrogens with two attached hydrogens (primary N) is 1. The standard InChI is InChI=1S/C20H18BrN3O4S2.C20H19N3O4S2.C19H21N3O3S2.C19H18N2O2S2/c1-2-3-12-24(19-17(21)15-6-4-5-7-16(15)29-19)30(26,27)14-10-8-13(9-11-14)18-22-20(25)28-23-18;1-2-3-12-23(18-13-15-6-4-5-7-17(15)28-18)29(25,26)16-10-8-14(9-11-16)19-21-20(24)27-22-19;1-2-3-12-22(18-13-15-6-4-5-7-17(15)26-18)27(24,25)16-10-8-14(9-11-16)19(20)21-23;1-2-3-12-21(19-13-16-6-4-5-7-18(16)24-19)25(22,23)17-10-8-15(14-20)9-11-17/h4-11H,2-3,12H2,1H3,(H,22,23,25);4-11,13H,2-3,12H2,1H3,(H,21,22,24);4-11,13,23H,2-3,12H2,1H3,(H2,20,21);4-11,13H,2-3,12H2,1H3. The van der Waals surface area contributed by atoms with Crippen LogP contribution in [0.15, 0.2) is 260 Å². The van der Waals surface area contributed by atoms with Crippen LogP contribution in [0.3, 0.4) is 0 Å². The Hall–Kier alpha value is -10.3. The average Bonchev–Trinajstić information content (AvgIpc) is 0.920. The molecule has 8 aromatic carbocycles. The summed E-state index contributed by atoms with van der Waals surface area (Å²) in [4.78, 5) is 27.9. The number of fused-ring (bicyclic) bond motifs is 4. The van der Waals surface area contributed by atoms with Gasteiger partial charge in [-0.25, -0.2) is 43.3 Å². The number of nitrogens with one attached hydrogen (secondary N) is 2. The molecule has 0 bridgehead atoms. The van der Waals surface area contributed by atoms with Crippen LogP contribution in [0.1, 0.15) is 90.2 Å². The summed E-state index contributed by atoms with van der Waals surface area (Å²) in [6.45, 7) is 9.76. The molecule has 0 radical (unpaired) electrons. The molecule has 6 aromatic heterocycles. The van der Waals surface area contributed by atoms with Gasteiger partial charge in [-0.3, -0.25) is 36.2 Å². The van der Waals surface area contributed by atoms with E-state index in [2.05, 4.69) is 50.4 Å². The Morgan fingerprint density at radius 2 is 0.793 bits per heavy atom. The SMILES string of the molecule is CCCCN(c1cc2ccccc2s1)S(=O)(=O)c1ccc(-c2noc(=O)[nH]2)cc1.CCCCN(c1cc2ccccc2s1)S(=O)(=O)c1ccc(/C(N)=N/O)cc1.CCCCN(c1cc2ccccc2s1)S(=O)(=O)c1ccc(C#N)cc1.CCCCN(c1sc2ccccc2c1Br)S(=O)(=O)c1ccc(-c2noc(=O)[nH]2)cc1. The van der Waals surface area contributed by atoms with Gasteiger partial charge in [-0.2, -0.15) is 5.26 Å². The first-order valence-electron chi connectivity index (χ1n) is 35.1. The van der Waals surface area contributed by atoms with Gasteiger partial charge in [0.2, 0.25) is 0 Å². The number of sulfonamides is 4. The molecule has 33 heteroatoms. The van der Waals surface area contributed by atoms with Gasteiger partial charge in [0.25, 0.3) is 40.1 Å². The zero-order valence-electron chi connectivity index (χ0n) is 60.3. The van der Waals surface area contributed by atoms with Crippen molar-refractivity contribution in [2.24, 2.45) is 10.9 Å². The number of anilines is 4. The van der Waals surface area contributed by atoms with Crippen molar-refractivity contribution in [3.8, 4) is 28.8 Å². The smallest absolute Gasteiger partial charge is 0.409 e. The van der Waals surface area contributed by atoms with Crippen molar-refractivity contribution in [2.75, 3.05) is 43.4 Å². The van der Waals surface area contributed by atoms with E-state index >= 15 is 0 Å². The third kappa shape index (κ3) is 19.0. The molecule has 6 heterocycles. The Balaban J connectivity index is 0.000000147. The Bertz CT molecular complexity index is 6110. The highest BCUT2D eigenvalue weighted by atomic mass is 79.9. The minimum atomic E-state index is -3.79. The molecule has 0 fully saturated rings. The van der Waals surface area contributed by atoms with Crippen LogP contribution in [0.5, 0.6) is 0 Å². The Morgan fingerprint density at radius 1 is 0.468 bits per heavy atom. The second kappa shape index (κ2) is 36.7. The normalized spacial score (nSPS) is 11.8. The number of hydrogen-bond donors (Lipinski definition) is 4. The van der Waals surface area contributed by atoms with Gasteiger partial charge in [-0.1, -0.05) is 142 Å². The van der Waals surface area contributed by atoms with Crippen LogP contribution < -0.4 is 34.5 Å². The van der Waals surface area contributed by atoms with Crippen LogP contribution in [-0.4, -0.2) is 91.2 Å². The first-order chi connectivity index (χ1) is 53.4. The molecule has 576 valence electrons. The van der Waals surface area contributed by atoms with E-state index in [1.807, 2.05) is 149 Å². The van der Waals surface area contributed by atoms with E-state index in [1.165, 1.54) is 135 Å². The fourth-order valence-electron chi connectivity index (χ4n) is 11.4. The number of halogens is 1. The van der Waals surface area contributed by atoms with Gasteiger partial charge in [0.05, 0.1) is 35.7 Å². The number of unbranched alkanes of at least 4 members (excludes halogenated alkanes) is 4. The van der Waals surface area contributed by atoms with Gasteiger partial charge in [0.1, 0.15) is 20.0 Å². The number of hydrogen-bond acceptors (Lipinski definition) is 21. The predicted molar refractivity (Wildman–Crippen MR) is 448 cm³/mol. The summed E-state index contributed by atoms with van der Waals surface area (Å²) in [5.74, 6) is -0.883. The second-order valence-electron chi connectivity index (χ2n) is 24.9. The molecule has 24 nitrogen and oxygen atoms in total. The lowest BCUT2D eigenvalue weighted by molar-refractivity contribution is 0.318. The third-order valence-electron chi connectivity index (χ3n) is 17.3. The Labute approximate surface area is 666 Å². The maximum Gasteiger partial charge on any atom is 0.439 e. The van der Waals surface area contributed by atoms with Gasteiger partial charge in [-0.15, -0.1) is 45.3 Å². The van der Waals surface area contributed by atoms with Crippen molar-refractivity contribution < 1.29 is 47.9 Å². The molecule has 0 atom stereocenters. The molecule has 111 heavy (non-hydrogen) atoms. The van der Waals surface area contributed by atoms with E-state index in [9.17, 15) is 43.3 Å². The van der Waals surface area contributed by atoms with Crippen molar-refractivity contribution in [2.45, 2.75) is 98.6 Å². The van der Waals surface area contributed by atoms with Crippen molar-refractivity contribution in [3.63, 3.8) is 0 Å². The minimum absolute atomic E-state index is 0.0636. The number of H-pyrrole nitrogens is 2. The molecule has 0 unspecified atom stereocenters. The molecule has 0 spiro atoms. The molecule has 14 rings (SSSR count). The molecule has 0 saturated carbocycles. The average molecular weight is 1710 g/mol. The van der Waals surface area contributed by atoms with E-state index in [-0.39, 0.29) is 37.1 Å². The Kier molecular flexibility index (Phi) is 27.0. The maximum atomic E-state index is 13.5. The van der Waals surface area contributed by atoms with E-state index in [0.717, 1.165) is 101 Å². The molecular formula is C78H76BrN11O13S8. The van der Waals surface area contributed by atoms with E-state index in [1.54, 1.807) is 24.3 Å². The van der Waals surface area contributed by atoms with Crippen molar-refractivity contribution >= 4 is 168 Å². The molecule has 0 aliphatic rings. The summed E-state index contributed by atoms with van der Waals surface area (Å²) in [5.41, 5.74) is 7.58. The highest BCUT2D eigenvalue weighted by molar-refractivity contribution is 9.11. The molecule has 0 saturated heterocycles. The van der Waals surface area contributed by atoms with Crippen LogP contribution >= 0.6 is 61.3 Å². The van der Waals surface area contributed by atoms with Gasteiger partial charge < -0.3 is 10.9 Å². The number of oxime groups is 1. The first kappa shape index (κ1) is 81.7. The van der Waals surface area contributed by atoms with Gasteiger partial charge in [0.15, 0.2) is 17.5 Å². The van der Waals surface area contributed by atoms with Crippen molar-refractivity contribution in [1.29, 1.82) is 5.26 Å². The maximum absolute atomic E-state index is 13.5. The third-order valence-corrected chi connectivity index (χ3v) is 30.7. The number of nitriles is 1. The van der Waals surface area contributed by atoms with E-state index in [4.69, 9.17) is 16.2 Å². The van der Waals surface area contributed by atoms with Crippen molar-refractivity contribution in [3.05, 3.63) is 249 Å². The Morgan fingerprint density at radius 3 is 1.12 bits per heavy atom. The number of aromatic nitrogens is 4. The molecular weight excluding hydrogens is 1640 g/mol. The predicted octanol–water partition coefficient (Wildman–Crippen LogP) is 18.0. The summed E-state index contributed by atoms with van der Waals surface area (Å²) < 4.78 is 127. The van der Waals surface area contributed by atoms with Gasteiger partial charge in [0, 0.05) is 67.1 Å². The molecule has 14 aromatic rings. The fourth-order valence-corrected chi connectivity index (χ4v) is 23.6. The molecule has 0 aliphatic heterocycles. The van der Waals surface area contributed by atoms with Gasteiger partial charge >= 0.3 is 11.5 Å². The van der Waals surface area contributed by atoms with Crippen LogP contribution in [-0.2, 0) is 40.1 Å². The van der Waals surface area contributed by atoms with Crippen LogP contribution in [0.25, 0.3) is 63.1 Å². The second-order valence-corrected chi connectivity index (χ2v) is 37.3. The largest absolute Gasteiger partial charge is 0.439 e. The summed E-state index contributed by atoms with van der Waals surface area (Å²) in [6, 6.07) is 63.7. The van der Waals surface area contributed by atoms with Crippen LogP contribution in [0, 0.1) is 11.3 Å². The lowest BCUT2D eigenvalue weighted by atomic mass is 10.2. The van der Waals surface area contributed by atoms with E-state index < -0.39 is 51.6 Å². The summed E-state index contributed by atoms with van der Waals surface area (Å²) >= 11 is 9.46. The number of aromatic amines is 2. The number of benzene rings is 8. The zero-order chi connectivity index (χ0) is 79.0. The van der Waals surface area contributed by atoms with Crippen LogP contribution in [0.2, 0.25) is 0 Å². The first-order valence-corrected chi connectivity index (χ1v) is 44.9. The lowest BCUT2D eigenvalue weighted by Gasteiger charge is -2.23. The molecule has 5 N–H and O–H groups in total. The summed E-state index contributed by atoms with van der Waals surface area (Å²) in [6.07, 6.45) is 6.58. The van der Waals surface area contributed by atoms with Crippen molar-refractivity contribution in [1.82, 2.24) is 20.3 Å². The van der Waals surface area contributed by atoms with E-state index in [0.29, 0.717) is 63.4 Å². The summed E-state index contributed by atoms with van der Waals surface area (Å²) in [5, 5.41) is 34.7. The zero-order valence-corrected chi connectivity index (χ0v) is 68.5. The highest BCUT2D eigenvalue weighted by Gasteiger charge is 2.32. The monoisotopic (exact) mass is 1710 g/mol. The summed E-state index contributed by atoms with van der Waals surface area (Å²) in [7, 11) is -14.9. The topological polar surface area (TPSA) is 350 Å². The fraction of sp³-hybridized carbons (Fsp3) is 0.205. The highest BCUT2D eigenvalue weighted by Crippen LogP contribution is 2.45. The number of amidine groups is 1.